The number of amides is 1. The second kappa shape index (κ2) is 11.6. The number of hydrazone groups is 1. The molecular formula is C31H28BrClN4O3. The maximum absolute atomic E-state index is 12.6. The fourth-order valence-corrected chi connectivity index (χ4v) is 5.08. The number of benzene rings is 2. The van der Waals surface area contributed by atoms with Crippen LogP contribution in [0.15, 0.2) is 86.8 Å². The quantitative estimate of drug-likeness (QED) is 0.142. The van der Waals surface area contributed by atoms with Crippen LogP contribution in [-0.2, 0) is 6.61 Å². The standard InChI is InChI=1S/C31H28BrClN4O3/c1-19-5-6-20(2)36(19)24-7-10-26(11-8-24)39-18-27-12-14-30(40-27)31(38)35-34-17-23-15-21(3)37(22(23)4)25-9-13-28(32)29(33)16-25/h5-17H,18H2,1-4H3,(H,35,38)/b34-17+. The van der Waals surface area contributed by atoms with Crippen LogP contribution in [0.1, 0.15) is 44.7 Å². The number of nitrogens with zero attached hydrogens (tertiary/aromatic N) is 3. The van der Waals surface area contributed by atoms with Gasteiger partial charge in [-0.25, -0.2) is 5.43 Å². The molecule has 0 aliphatic heterocycles. The summed E-state index contributed by atoms with van der Waals surface area (Å²) in [5, 5.41) is 4.77. The summed E-state index contributed by atoms with van der Waals surface area (Å²) < 4.78 is 16.6. The van der Waals surface area contributed by atoms with Crippen LogP contribution in [0, 0.1) is 27.7 Å². The largest absolute Gasteiger partial charge is 0.486 e. The Morgan fingerprint density at radius 1 is 0.925 bits per heavy atom. The number of aryl methyl sites for hydroxylation is 3. The molecule has 0 aliphatic carbocycles. The van der Waals surface area contributed by atoms with Crippen LogP contribution in [0.3, 0.4) is 0 Å². The topological polar surface area (TPSA) is 73.7 Å². The molecule has 0 spiro atoms. The van der Waals surface area contributed by atoms with Crippen molar-refractivity contribution in [1.29, 1.82) is 0 Å². The molecule has 7 nitrogen and oxygen atoms in total. The van der Waals surface area contributed by atoms with E-state index in [1.54, 1.807) is 18.3 Å². The molecule has 0 bridgehead atoms. The van der Waals surface area contributed by atoms with E-state index in [9.17, 15) is 4.79 Å². The van der Waals surface area contributed by atoms with Crippen molar-refractivity contribution in [2.45, 2.75) is 34.3 Å². The van der Waals surface area contributed by atoms with Crippen molar-refractivity contribution in [3.63, 3.8) is 0 Å². The average Bonchev–Trinajstić information content (AvgIpc) is 3.62. The number of hydrogen-bond donors (Lipinski definition) is 1. The van der Waals surface area contributed by atoms with Gasteiger partial charge in [-0.05, 0) is 116 Å². The van der Waals surface area contributed by atoms with Crippen LogP contribution in [0.5, 0.6) is 5.75 Å². The highest BCUT2D eigenvalue weighted by Crippen LogP contribution is 2.28. The van der Waals surface area contributed by atoms with Crippen LogP contribution >= 0.6 is 27.5 Å². The molecule has 204 valence electrons. The molecule has 5 aromatic rings. The Bertz CT molecular complexity index is 1690. The number of furan rings is 1. The van der Waals surface area contributed by atoms with E-state index in [0.717, 1.165) is 32.8 Å². The summed E-state index contributed by atoms with van der Waals surface area (Å²) in [6, 6.07) is 23.2. The SMILES string of the molecule is Cc1ccc(C)n1-c1ccc(OCc2ccc(C(=O)N/N=C/c3cc(C)n(-c4ccc(Br)c(Cl)c4)c3C)o2)cc1. The highest BCUT2D eigenvalue weighted by Gasteiger charge is 2.13. The van der Waals surface area contributed by atoms with E-state index in [4.69, 9.17) is 20.8 Å². The zero-order valence-corrected chi connectivity index (χ0v) is 24.9. The number of rotatable bonds is 8. The summed E-state index contributed by atoms with van der Waals surface area (Å²) in [7, 11) is 0. The van der Waals surface area contributed by atoms with Gasteiger partial charge in [-0.2, -0.15) is 5.10 Å². The van der Waals surface area contributed by atoms with Gasteiger partial charge in [-0.3, -0.25) is 4.79 Å². The van der Waals surface area contributed by atoms with E-state index in [1.165, 1.54) is 11.4 Å². The fraction of sp³-hybridized carbons (Fsp3) is 0.161. The Balaban J connectivity index is 1.18. The van der Waals surface area contributed by atoms with Crippen molar-refractivity contribution in [2.75, 3.05) is 0 Å². The molecule has 40 heavy (non-hydrogen) atoms. The number of aromatic nitrogens is 2. The lowest BCUT2D eigenvalue weighted by Gasteiger charge is -2.10. The zero-order valence-electron chi connectivity index (χ0n) is 22.5. The summed E-state index contributed by atoms with van der Waals surface area (Å²) in [4.78, 5) is 12.6. The summed E-state index contributed by atoms with van der Waals surface area (Å²) >= 11 is 9.71. The molecule has 3 aromatic heterocycles. The molecule has 0 fully saturated rings. The van der Waals surface area contributed by atoms with E-state index in [2.05, 4.69) is 61.6 Å². The number of carbonyl (C=O) groups is 1. The van der Waals surface area contributed by atoms with Gasteiger partial charge in [0, 0.05) is 44.2 Å². The van der Waals surface area contributed by atoms with Crippen molar-refractivity contribution >= 4 is 39.7 Å². The molecule has 2 aromatic carbocycles. The highest BCUT2D eigenvalue weighted by atomic mass is 79.9. The van der Waals surface area contributed by atoms with Crippen molar-refractivity contribution in [3.8, 4) is 17.1 Å². The van der Waals surface area contributed by atoms with Gasteiger partial charge in [0.2, 0.25) is 0 Å². The third-order valence-electron chi connectivity index (χ3n) is 6.63. The van der Waals surface area contributed by atoms with Gasteiger partial charge in [0.05, 0.1) is 11.2 Å². The second-order valence-electron chi connectivity index (χ2n) is 9.46. The number of hydrogen-bond acceptors (Lipinski definition) is 4. The molecule has 0 atom stereocenters. The lowest BCUT2D eigenvalue weighted by Crippen LogP contribution is -2.16. The van der Waals surface area contributed by atoms with Gasteiger partial charge < -0.3 is 18.3 Å². The first kappa shape index (κ1) is 27.6. The molecule has 1 N–H and O–H groups in total. The summed E-state index contributed by atoms with van der Waals surface area (Å²) in [6.45, 7) is 8.34. The van der Waals surface area contributed by atoms with Crippen LogP contribution in [0.2, 0.25) is 5.02 Å². The van der Waals surface area contributed by atoms with Crippen molar-refractivity contribution in [3.05, 3.63) is 122 Å². The van der Waals surface area contributed by atoms with E-state index in [-0.39, 0.29) is 12.4 Å². The zero-order chi connectivity index (χ0) is 28.4. The molecule has 5 rings (SSSR count). The van der Waals surface area contributed by atoms with Crippen LogP contribution in [0.25, 0.3) is 11.4 Å². The molecule has 3 heterocycles. The second-order valence-corrected chi connectivity index (χ2v) is 10.7. The van der Waals surface area contributed by atoms with Crippen molar-refractivity contribution < 1.29 is 13.9 Å². The number of nitrogens with one attached hydrogen (secondary N) is 1. The predicted octanol–water partition coefficient (Wildman–Crippen LogP) is 7.85. The Morgan fingerprint density at radius 3 is 2.33 bits per heavy atom. The first-order valence-electron chi connectivity index (χ1n) is 12.7. The van der Waals surface area contributed by atoms with Gasteiger partial charge in [-0.1, -0.05) is 11.6 Å². The molecule has 9 heteroatoms. The van der Waals surface area contributed by atoms with Gasteiger partial charge in [0.1, 0.15) is 18.1 Å². The van der Waals surface area contributed by atoms with E-state index >= 15 is 0 Å². The van der Waals surface area contributed by atoms with E-state index in [0.29, 0.717) is 16.5 Å². The number of ether oxygens (including phenoxy) is 1. The molecular weight excluding hydrogens is 592 g/mol. The Hall–Kier alpha value is -4.01. The molecule has 0 saturated heterocycles. The Morgan fingerprint density at radius 2 is 1.62 bits per heavy atom. The molecule has 0 saturated carbocycles. The average molecular weight is 620 g/mol. The smallest absolute Gasteiger partial charge is 0.307 e. The predicted molar refractivity (Wildman–Crippen MR) is 161 cm³/mol. The normalized spacial score (nSPS) is 11.3. The van der Waals surface area contributed by atoms with E-state index in [1.807, 2.05) is 62.4 Å². The highest BCUT2D eigenvalue weighted by molar-refractivity contribution is 9.10. The van der Waals surface area contributed by atoms with Crippen molar-refractivity contribution in [1.82, 2.24) is 14.6 Å². The third-order valence-corrected chi connectivity index (χ3v) is 7.87. The summed E-state index contributed by atoms with van der Waals surface area (Å²) in [5.74, 6) is 0.950. The maximum Gasteiger partial charge on any atom is 0.307 e. The number of carbonyl (C=O) groups excluding carboxylic acids is 1. The lowest BCUT2D eigenvalue weighted by atomic mass is 10.2. The monoisotopic (exact) mass is 618 g/mol. The summed E-state index contributed by atoms with van der Waals surface area (Å²) in [6.07, 6.45) is 1.62. The summed E-state index contributed by atoms with van der Waals surface area (Å²) in [5.41, 5.74) is 9.76. The van der Waals surface area contributed by atoms with Gasteiger partial charge in [0.15, 0.2) is 5.76 Å². The minimum absolute atomic E-state index is 0.152. The molecule has 0 aliphatic rings. The minimum Gasteiger partial charge on any atom is -0.486 e. The van der Waals surface area contributed by atoms with Crippen LogP contribution < -0.4 is 10.2 Å². The Labute approximate surface area is 246 Å². The Kier molecular flexibility index (Phi) is 8.00. The van der Waals surface area contributed by atoms with Gasteiger partial charge >= 0.3 is 5.91 Å². The lowest BCUT2D eigenvalue weighted by molar-refractivity contribution is 0.0923. The van der Waals surface area contributed by atoms with E-state index < -0.39 is 5.91 Å². The molecule has 0 radical (unpaired) electrons. The first-order valence-corrected chi connectivity index (χ1v) is 13.8. The third kappa shape index (κ3) is 5.78. The first-order chi connectivity index (χ1) is 19.2. The number of halogens is 2. The van der Waals surface area contributed by atoms with Crippen molar-refractivity contribution in [2.24, 2.45) is 5.10 Å². The van der Waals surface area contributed by atoms with Gasteiger partial charge in [-0.15, -0.1) is 0 Å². The molecule has 0 unspecified atom stereocenters. The molecule has 1 amide bonds. The van der Waals surface area contributed by atoms with Gasteiger partial charge in [0.25, 0.3) is 0 Å². The minimum atomic E-state index is -0.446. The fourth-order valence-electron chi connectivity index (χ4n) is 4.65. The maximum atomic E-state index is 12.6. The van der Waals surface area contributed by atoms with Crippen LogP contribution in [0.4, 0.5) is 0 Å². The van der Waals surface area contributed by atoms with Crippen LogP contribution in [-0.4, -0.2) is 21.3 Å².